The van der Waals surface area contributed by atoms with Crippen LogP contribution >= 0.6 is 0 Å². The minimum atomic E-state index is -0.136. The largest absolute Gasteiger partial charge is 1.00 e. The molecule has 1 aliphatic carbocycles. The van der Waals surface area contributed by atoms with Crippen molar-refractivity contribution in [3.63, 3.8) is 0 Å². The first-order valence-corrected chi connectivity index (χ1v) is 10.6. The highest BCUT2D eigenvalue weighted by Crippen LogP contribution is 2.67. The van der Waals surface area contributed by atoms with Gasteiger partial charge >= 0.3 is 5.97 Å². The zero-order chi connectivity index (χ0) is 18.9. The predicted octanol–water partition coefficient (Wildman–Crippen LogP) is 0.984. The molecule has 4 aliphatic rings. The summed E-state index contributed by atoms with van der Waals surface area (Å²) in [7, 11) is 1.53. The van der Waals surface area contributed by atoms with Gasteiger partial charge in [0.15, 0.2) is 0 Å². The number of nitrogens with one attached hydrogen (secondary N) is 1. The Morgan fingerprint density at radius 3 is 2.75 bits per heavy atom. The van der Waals surface area contributed by atoms with Crippen molar-refractivity contribution in [3.05, 3.63) is 41.1 Å². The van der Waals surface area contributed by atoms with Crippen molar-refractivity contribution >= 4 is 11.7 Å². The van der Waals surface area contributed by atoms with E-state index < -0.39 is 0 Å². The molecule has 152 valence electrons. The number of esters is 1. The van der Waals surface area contributed by atoms with Crippen LogP contribution in [0.25, 0.3) is 0 Å². The maximum absolute atomic E-state index is 12.9. The number of quaternary nitrogens is 1. The average molecular weight is 494 g/mol. The quantitative estimate of drug-likeness (QED) is 0.387. The maximum atomic E-state index is 12.9. The fraction of sp³-hybridized carbons (Fsp3) is 0.609. The molecule has 0 aromatic heterocycles. The maximum Gasteiger partial charge on any atom is 0.335 e. The molecule has 28 heavy (non-hydrogen) atoms. The predicted molar refractivity (Wildman–Crippen MR) is 106 cm³/mol. The van der Waals surface area contributed by atoms with Crippen LogP contribution in [-0.2, 0) is 14.9 Å². The smallest absolute Gasteiger partial charge is 0.335 e. The molecule has 5 heteroatoms. The van der Waals surface area contributed by atoms with Crippen LogP contribution in [0.3, 0.4) is 0 Å². The number of likely N-dealkylation sites (N-methyl/N-ethyl adjacent to an activating group) is 1. The van der Waals surface area contributed by atoms with Gasteiger partial charge in [0.2, 0.25) is 0 Å². The second kappa shape index (κ2) is 6.73. The first-order valence-electron chi connectivity index (χ1n) is 10.6. The number of carbonyl (C=O) groups is 1. The van der Waals surface area contributed by atoms with Crippen LogP contribution in [0.4, 0.5) is 5.69 Å². The number of halogens is 1. The van der Waals surface area contributed by atoms with Gasteiger partial charge in [-0.05, 0) is 44.2 Å². The fourth-order valence-corrected chi connectivity index (χ4v) is 7.53. The van der Waals surface area contributed by atoms with E-state index in [-0.39, 0.29) is 40.8 Å². The Kier molecular flexibility index (Phi) is 4.85. The summed E-state index contributed by atoms with van der Waals surface area (Å²) in [4.78, 5) is 12.9. The lowest BCUT2D eigenvalue weighted by Gasteiger charge is -2.59. The summed E-state index contributed by atoms with van der Waals surface area (Å²) in [6.07, 6.45) is 5.63. The number of piperidine rings is 1. The summed E-state index contributed by atoms with van der Waals surface area (Å²) in [5, 5.41) is 3.70. The number of hydrogen-bond donors (Lipinski definition) is 1. The van der Waals surface area contributed by atoms with E-state index in [0.717, 1.165) is 24.8 Å². The lowest BCUT2D eigenvalue weighted by molar-refractivity contribution is -0.952. The molecule has 1 spiro atoms. The third-order valence-corrected chi connectivity index (χ3v) is 8.53. The molecule has 0 saturated carbocycles. The number of anilines is 1. The molecule has 0 amide bonds. The van der Waals surface area contributed by atoms with E-state index in [1.807, 2.05) is 0 Å². The number of fused-ring (bicyclic) bond motifs is 1. The normalized spacial score (nSPS) is 37.3. The molecule has 4 atom stereocenters. The standard InChI is InChI=1S/C23H30N2O2.HI/c1-4-22-11-8-13-25(5-2)14-12-23(21(22)25)17-9-6-7-10-18(17)24-19(23)16(15-22)20(26)27-3;/h6-7,9-10,21H,4-5,8,11-15H2,1-3H3;1H/t21?,22?,23-,25?;/m0./s1. The molecular weight excluding hydrogens is 463 g/mol. The van der Waals surface area contributed by atoms with Gasteiger partial charge in [-0.15, -0.1) is 0 Å². The van der Waals surface area contributed by atoms with Crippen molar-refractivity contribution in [2.75, 3.05) is 32.1 Å². The zero-order valence-corrected chi connectivity index (χ0v) is 19.3. The van der Waals surface area contributed by atoms with Crippen LogP contribution in [0.1, 0.15) is 51.5 Å². The second-order valence-corrected chi connectivity index (χ2v) is 9.12. The molecule has 2 fully saturated rings. The molecule has 3 unspecified atom stereocenters. The summed E-state index contributed by atoms with van der Waals surface area (Å²) in [5.41, 5.74) is 4.83. The number of carbonyl (C=O) groups excluding carboxylic acids is 1. The number of ether oxygens (including phenoxy) is 1. The fourth-order valence-electron chi connectivity index (χ4n) is 7.53. The van der Waals surface area contributed by atoms with Gasteiger partial charge in [0, 0.05) is 23.2 Å². The van der Waals surface area contributed by atoms with E-state index in [1.54, 1.807) is 0 Å². The third kappa shape index (κ3) is 2.23. The number of hydrogen-bond acceptors (Lipinski definition) is 3. The van der Waals surface area contributed by atoms with Crippen molar-refractivity contribution in [2.24, 2.45) is 5.41 Å². The van der Waals surface area contributed by atoms with E-state index >= 15 is 0 Å². The third-order valence-electron chi connectivity index (χ3n) is 8.53. The number of para-hydroxylation sites is 1. The molecule has 5 rings (SSSR count). The van der Waals surface area contributed by atoms with E-state index in [0.29, 0.717) is 6.04 Å². The summed E-state index contributed by atoms with van der Waals surface area (Å²) < 4.78 is 6.50. The monoisotopic (exact) mass is 494 g/mol. The topological polar surface area (TPSA) is 38.3 Å². The van der Waals surface area contributed by atoms with Crippen LogP contribution < -0.4 is 29.3 Å². The molecule has 3 heterocycles. The zero-order valence-electron chi connectivity index (χ0n) is 17.2. The number of nitrogens with zero attached hydrogens (tertiary/aromatic N) is 1. The Hall–Kier alpha value is -1.08. The van der Waals surface area contributed by atoms with Crippen LogP contribution in [0.5, 0.6) is 0 Å². The number of benzene rings is 1. The molecular formula is C23H31IN2O2. The summed E-state index contributed by atoms with van der Waals surface area (Å²) in [6.45, 7) is 8.41. The Balaban J connectivity index is 0.00000192. The molecule has 0 bridgehead atoms. The van der Waals surface area contributed by atoms with E-state index in [1.165, 1.54) is 61.0 Å². The Labute approximate surface area is 185 Å². The highest BCUT2D eigenvalue weighted by atomic mass is 127. The SMILES string of the molecule is CCC12CCC[N+]3(CC)CC[C@]4(C(=C(C(=O)OC)C1)Nc1ccccc14)C23.[I-]. The van der Waals surface area contributed by atoms with Gasteiger partial charge in [-0.3, -0.25) is 0 Å². The highest BCUT2D eigenvalue weighted by molar-refractivity contribution is 5.93. The van der Waals surface area contributed by atoms with Crippen molar-refractivity contribution in [1.29, 1.82) is 0 Å². The molecule has 3 aliphatic heterocycles. The molecule has 0 radical (unpaired) electrons. The Morgan fingerprint density at radius 1 is 1.25 bits per heavy atom. The van der Waals surface area contributed by atoms with Crippen LogP contribution in [0.15, 0.2) is 35.5 Å². The van der Waals surface area contributed by atoms with Gasteiger partial charge in [0.25, 0.3) is 0 Å². The average Bonchev–Trinajstić information content (AvgIpc) is 3.25. The van der Waals surface area contributed by atoms with Gasteiger partial charge in [0.05, 0.1) is 37.7 Å². The first-order chi connectivity index (χ1) is 13.1. The minimum absolute atomic E-state index is 0. The summed E-state index contributed by atoms with van der Waals surface area (Å²) >= 11 is 0. The van der Waals surface area contributed by atoms with Gasteiger partial charge in [-0.25, -0.2) is 4.79 Å². The van der Waals surface area contributed by atoms with Gasteiger partial charge in [-0.1, -0.05) is 25.1 Å². The molecule has 1 aromatic carbocycles. The van der Waals surface area contributed by atoms with Crippen molar-refractivity contribution < 1.29 is 38.0 Å². The number of methoxy groups -OCH3 is 1. The van der Waals surface area contributed by atoms with Crippen LogP contribution in [0, 0.1) is 5.41 Å². The Bertz CT molecular complexity index is 853. The van der Waals surface area contributed by atoms with Crippen molar-refractivity contribution in [2.45, 2.75) is 57.4 Å². The lowest BCUT2D eigenvalue weighted by atomic mass is 9.53. The van der Waals surface area contributed by atoms with Crippen LogP contribution in [-0.4, -0.2) is 43.2 Å². The van der Waals surface area contributed by atoms with Gasteiger partial charge in [0.1, 0.15) is 6.04 Å². The van der Waals surface area contributed by atoms with Crippen molar-refractivity contribution in [3.8, 4) is 0 Å². The van der Waals surface area contributed by atoms with Crippen molar-refractivity contribution in [1.82, 2.24) is 0 Å². The van der Waals surface area contributed by atoms with Gasteiger partial charge < -0.3 is 38.5 Å². The van der Waals surface area contributed by atoms with E-state index in [2.05, 4.69) is 43.4 Å². The molecule has 2 saturated heterocycles. The van der Waals surface area contributed by atoms with Gasteiger partial charge in [-0.2, -0.15) is 0 Å². The first kappa shape index (κ1) is 20.2. The van der Waals surface area contributed by atoms with Crippen LogP contribution in [0.2, 0.25) is 0 Å². The molecule has 4 nitrogen and oxygen atoms in total. The molecule has 1 N–H and O–H groups in total. The Morgan fingerprint density at radius 2 is 2.04 bits per heavy atom. The molecule has 1 aromatic rings. The lowest BCUT2D eigenvalue weighted by Crippen LogP contribution is -3.00. The number of rotatable bonds is 3. The van der Waals surface area contributed by atoms with E-state index in [9.17, 15) is 4.79 Å². The summed E-state index contributed by atoms with van der Waals surface area (Å²) in [5.74, 6) is -0.136. The van der Waals surface area contributed by atoms with E-state index in [4.69, 9.17) is 4.74 Å². The highest BCUT2D eigenvalue weighted by Gasteiger charge is 2.72. The second-order valence-electron chi connectivity index (χ2n) is 9.12. The minimum Gasteiger partial charge on any atom is -1.00 e. The summed E-state index contributed by atoms with van der Waals surface area (Å²) in [6, 6.07) is 9.32.